The molecule has 0 atom stereocenters. The van der Waals surface area contributed by atoms with Gasteiger partial charge in [0.15, 0.2) is 10.1 Å². The predicted octanol–water partition coefficient (Wildman–Crippen LogP) is 1.52. The summed E-state index contributed by atoms with van der Waals surface area (Å²) in [6.07, 6.45) is 0. The van der Waals surface area contributed by atoms with Crippen LogP contribution in [0.2, 0.25) is 0 Å². The van der Waals surface area contributed by atoms with E-state index in [1.54, 1.807) is 0 Å². The van der Waals surface area contributed by atoms with Gasteiger partial charge in [0.25, 0.3) is 0 Å². The van der Waals surface area contributed by atoms with Crippen LogP contribution in [0.25, 0.3) is 0 Å². The van der Waals surface area contributed by atoms with Crippen molar-refractivity contribution in [2.75, 3.05) is 66.9 Å². The van der Waals surface area contributed by atoms with Gasteiger partial charge in [0.2, 0.25) is 10.1 Å². The Morgan fingerprint density at radius 2 is 1.00 bits per heavy atom. The third kappa shape index (κ3) is 29.9. The molecule has 0 aliphatic carbocycles. The first kappa shape index (κ1) is 50.2. The van der Waals surface area contributed by atoms with Gasteiger partial charge in [0, 0.05) is 11.5 Å². The number of rotatable bonds is 6. The molecule has 0 bridgehead atoms. The fourth-order valence-corrected chi connectivity index (χ4v) is 2.99. The molecular weight excluding hydrogens is 614 g/mol. The minimum Gasteiger partial charge on any atom is -0.741 e. The van der Waals surface area contributed by atoms with Crippen LogP contribution in [0.15, 0.2) is 0 Å². The molecule has 21 heteroatoms. The average molecular weight is 656 g/mol. The van der Waals surface area contributed by atoms with Crippen LogP contribution in [-0.2, 0) is 20.2 Å². The van der Waals surface area contributed by atoms with E-state index in [0.717, 1.165) is 24.6 Å². The Bertz CT molecular complexity index is 784. The van der Waals surface area contributed by atoms with Crippen molar-refractivity contribution >= 4 is 53.8 Å². The summed E-state index contributed by atoms with van der Waals surface area (Å²) in [5.41, 5.74) is -11.2. The third-order valence-electron chi connectivity index (χ3n) is 2.85. The van der Waals surface area contributed by atoms with E-state index in [4.69, 9.17) is 25.9 Å². The quantitative estimate of drug-likeness (QED) is 0.0951. The number of hydrogen-bond donors (Lipinski definition) is 3. The lowest BCUT2D eigenvalue weighted by atomic mass is 10.7. The maximum atomic E-state index is 10.7. The van der Waals surface area contributed by atoms with Gasteiger partial charge in [-0.05, 0) is 14.1 Å². The Labute approximate surface area is 230 Å². The van der Waals surface area contributed by atoms with E-state index < -0.39 is 31.3 Å². The smallest absolute Gasteiger partial charge is 0.522 e. The summed E-state index contributed by atoms with van der Waals surface area (Å²) in [5, 5.41) is 9.06. The first-order valence-electron chi connectivity index (χ1n) is 9.61. The molecule has 0 rings (SSSR count). The second kappa shape index (κ2) is 24.1. The molecule has 5 N–H and O–H groups in total. The fraction of sp³-hybridized carbons (Fsp3) is 0.882. The van der Waals surface area contributed by atoms with Crippen LogP contribution in [0.4, 0.5) is 26.3 Å². The largest absolute Gasteiger partial charge is 0.741 e. The Morgan fingerprint density at radius 3 is 1.08 bits per heavy atom. The molecule has 11 nitrogen and oxygen atoms in total. The van der Waals surface area contributed by atoms with E-state index in [2.05, 4.69) is 61.8 Å². The van der Waals surface area contributed by atoms with Crippen LogP contribution in [0.1, 0.15) is 21.3 Å². The van der Waals surface area contributed by atoms with E-state index in [9.17, 15) is 26.3 Å². The molecule has 0 aromatic carbocycles. The van der Waals surface area contributed by atoms with Crippen LogP contribution >= 0.6 is 23.5 Å². The molecule has 0 aromatic rings. The van der Waals surface area contributed by atoms with Crippen molar-refractivity contribution in [1.29, 1.82) is 0 Å². The Morgan fingerprint density at radius 1 is 0.789 bits per heavy atom. The van der Waals surface area contributed by atoms with Crippen LogP contribution in [0, 0.1) is 0 Å². The number of nitrogens with zero attached hydrogens (tertiary/aromatic N) is 2. The molecule has 0 amide bonds. The van der Waals surface area contributed by atoms with Crippen LogP contribution in [-0.4, -0.2) is 129 Å². The summed E-state index contributed by atoms with van der Waals surface area (Å²) >= 11 is 3.78. The second-order valence-corrected chi connectivity index (χ2v) is 11.8. The summed E-state index contributed by atoms with van der Waals surface area (Å²) in [6, 6.07) is 0. The average Bonchev–Trinajstić information content (AvgIpc) is 2.66. The maximum absolute atomic E-state index is 10.7. The summed E-state index contributed by atoms with van der Waals surface area (Å²) in [4.78, 5) is 0. The zero-order valence-electron chi connectivity index (χ0n) is 21.6. The number of halogens is 6. The molecule has 0 saturated carbocycles. The number of nitrogens with one attached hydrogen (secondary N) is 2. The lowest BCUT2D eigenvalue weighted by molar-refractivity contribution is -0.462. The standard InChI is InChI=1S/2C7H17N2S.2CHF3O3S.CH4.H2O/c2*1-5-10-7(6-8-2)9(3)4;2*2-1(3,4)8(5,6)7;;/h2*8H,5-6H2,1-4H3;2*(H,5,6,7);1H4;1H2/q2*+1;;;;/p-1. The SMILES string of the molecule is C.CCSC(CNC)=[N+](C)C.CCSC(CNC)=[N+](C)C.O.O=S(=O)(O)C(F)(F)F.O=S(=O)([O-])C(F)(F)F. The molecule has 0 fully saturated rings. The molecular formula is C17H41F6N4O7S4+. The van der Waals surface area contributed by atoms with Crippen molar-refractivity contribution in [2.45, 2.75) is 32.3 Å². The zero-order chi connectivity index (χ0) is 30.0. The molecule has 0 spiro atoms. The summed E-state index contributed by atoms with van der Waals surface area (Å²) in [7, 11) is 0.328. The molecule has 0 aliphatic heterocycles. The molecule has 0 unspecified atom stereocenters. The topological polar surface area (TPSA) is 173 Å². The normalized spacial score (nSPS) is 10.9. The van der Waals surface area contributed by atoms with Crippen LogP contribution in [0.3, 0.4) is 0 Å². The minimum absolute atomic E-state index is 0. The van der Waals surface area contributed by atoms with Crippen molar-refractivity contribution in [3.8, 4) is 0 Å². The molecule has 236 valence electrons. The predicted molar refractivity (Wildman–Crippen MR) is 142 cm³/mol. The lowest BCUT2D eigenvalue weighted by Crippen LogP contribution is -2.23. The highest BCUT2D eigenvalue weighted by Gasteiger charge is 2.44. The Hall–Kier alpha value is -0.680. The van der Waals surface area contributed by atoms with Crippen molar-refractivity contribution in [2.24, 2.45) is 0 Å². The van der Waals surface area contributed by atoms with E-state index >= 15 is 0 Å². The van der Waals surface area contributed by atoms with E-state index in [1.807, 2.05) is 37.6 Å². The van der Waals surface area contributed by atoms with Gasteiger partial charge >= 0.3 is 21.1 Å². The summed E-state index contributed by atoms with van der Waals surface area (Å²) < 4.78 is 121. The van der Waals surface area contributed by atoms with Crippen molar-refractivity contribution in [3.05, 3.63) is 0 Å². The molecule has 0 aliphatic rings. The second-order valence-electron chi connectivity index (χ2n) is 6.32. The Kier molecular flexibility index (Phi) is 31.9. The van der Waals surface area contributed by atoms with E-state index in [1.165, 1.54) is 10.1 Å². The fourth-order valence-electron chi connectivity index (χ4n) is 1.31. The van der Waals surface area contributed by atoms with Crippen LogP contribution < -0.4 is 10.6 Å². The highest BCUT2D eigenvalue weighted by molar-refractivity contribution is 8.14. The number of hydrogen-bond acceptors (Lipinski definition) is 9. The molecule has 0 aromatic heterocycles. The highest BCUT2D eigenvalue weighted by Crippen LogP contribution is 2.21. The van der Waals surface area contributed by atoms with Crippen molar-refractivity contribution in [1.82, 2.24) is 10.6 Å². The van der Waals surface area contributed by atoms with Gasteiger partial charge in [-0.15, -0.1) is 0 Å². The number of thioether (sulfide) groups is 2. The minimum atomic E-state index is -6.09. The highest BCUT2D eigenvalue weighted by atomic mass is 32.2. The van der Waals surface area contributed by atoms with Gasteiger partial charge in [-0.3, -0.25) is 4.55 Å². The zero-order valence-corrected chi connectivity index (χ0v) is 24.9. The van der Waals surface area contributed by atoms with Gasteiger partial charge < -0.3 is 20.7 Å². The molecule has 0 saturated heterocycles. The van der Waals surface area contributed by atoms with E-state index in [0.29, 0.717) is 0 Å². The van der Waals surface area contributed by atoms with Gasteiger partial charge in [0.05, 0.1) is 13.1 Å². The summed E-state index contributed by atoms with van der Waals surface area (Å²) in [5.74, 6) is 2.30. The molecule has 0 radical (unpaired) electrons. The van der Waals surface area contributed by atoms with Gasteiger partial charge in [-0.25, -0.2) is 17.6 Å². The maximum Gasteiger partial charge on any atom is 0.522 e. The van der Waals surface area contributed by atoms with Crippen molar-refractivity contribution < 1.29 is 66.9 Å². The van der Waals surface area contributed by atoms with Crippen LogP contribution in [0.5, 0.6) is 0 Å². The lowest BCUT2D eigenvalue weighted by Gasteiger charge is -2.08. The monoisotopic (exact) mass is 655 g/mol. The molecule has 0 heterocycles. The third-order valence-corrected chi connectivity index (χ3v) is 6.27. The van der Waals surface area contributed by atoms with Gasteiger partial charge in [-0.1, -0.05) is 44.8 Å². The van der Waals surface area contributed by atoms with Crippen molar-refractivity contribution in [3.63, 3.8) is 0 Å². The Balaban J connectivity index is -0.0000000888. The number of alkyl halides is 6. The summed E-state index contributed by atoms with van der Waals surface area (Å²) in [6.45, 7) is 6.30. The van der Waals surface area contributed by atoms with Gasteiger partial charge in [0.1, 0.15) is 28.2 Å². The molecule has 38 heavy (non-hydrogen) atoms. The first-order chi connectivity index (χ1) is 15.9. The van der Waals surface area contributed by atoms with E-state index in [-0.39, 0.29) is 12.9 Å². The first-order valence-corrected chi connectivity index (χ1v) is 14.4. The van der Waals surface area contributed by atoms with Gasteiger partial charge in [-0.2, -0.15) is 34.8 Å².